The van der Waals surface area contributed by atoms with Gasteiger partial charge in [0.25, 0.3) is 5.91 Å². The van der Waals surface area contributed by atoms with Gasteiger partial charge in [0.15, 0.2) is 0 Å². The third-order valence-corrected chi connectivity index (χ3v) is 3.11. The molecule has 0 unspecified atom stereocenters. The van der Waals surface area contributed by atoms with Gasteiger partial charge in [-0.15, -0.1) is 0 Å². The number of amides is 1. The molecule has 0 bridgehead atoms. The van der Waals surface area contributed by atoms with Crippen LogP contribution in [0.25, 0.3) is 0 Å². The van der Waals surface area contributed by atoms with Crippen molar-refractivity contribution in [1.82, 2.24) is 0 Å². The lowest BCUT2D eigenvalue weighted by Crippen LogP contribution is -2.13. The fourth-order valence-electron chi connectivity index (χ4n) is 2.00. The monoisotopic (exact) mass is 264 g/mol. The van der Waals surface area contributed by atoms with Crippen LogP contribution >= 0.6 is 0 Å². The van der Waals surface area contributed by atoms with Crippen LogP contribution in [-0.2, 0) is 0 Å². The van der Waals surface area contributed by atoms with Crippen LogP contribution < -0.4 is 5.32 Å². The van der Waals surface area contributed by atoms with Crippen LogP contribution in [0.3, 0.4) is 0 Å². The number of nitrogens with one attached hydrogen (secondary N) is 1. The summed E-state index contributed by atoms with van der Waals surface area (Å²) in [5, 5.41) is 11.7. The first-order valence-corrected chi connectivity index (χ1v) is 6.52. The quantitative estimate of drug-likeness (QED) is 0.913. The Morgan fingerprint density at radius 2 is 1.75 bits per heavy atom. The van der Waals surface area contributed by atoms with Crippen LogP contribution in [-0.4, -0.2) is 5.91 Å². The Labute approximate surface area is 118 Å². The maximum absolute atomic E-state index is 12.2. The van der Waals surface area contributed by atoms with Crippen molar-refractivity contribution in [2.24, 2.45) is 0 Å². The van der Waals surface area contributed by atoms with Gasteiger partial charge in [0, 0.05) is 11.3 Å². The van der Waals surface area contributed by atoms with Gasteiger partial charge in [0.2, 0.25) is 0 Å². The second-order valence-corrected chi connectivity index (χ2v) is 4.89. The SMILES string of the molecule is CC(C)c1ccccc1NC(=O)c1ccc(C#N)cc1. The summed E-state index contributed by atoms with van der Waals surface area (Å²) in [7, 11) is 0. The minimum Gasteiger partial charge on any atom is -0.322 e. The molecule has 3 nitrogen and oxygen atoms in total. The molecule has 2 aromatic rings. The zero-order chi connectivity index (χ0) is 14.5. The molecule has 2 aromatic carbocycles. The first-order valence-electron chi connectivity index (χ1n) is 6.52. The lowest BCUT2D eigenvalue weighted by atomic mass is 10.0. The molecule has 0 saturated carbocycles. The summed E-state index contributed by atoms with van der Waals surface area (Å²) in [6, 6.07) is 16.4. The molecule has 0 heterocycles. The summed E-state index contributed by atoms with van der Waals surface area (Å²) in [5.74, 6) is 0.176. The number of nitriles is 1. The van der Waals surface area contributed by atoms with Crippen LogP contribution in [0.15, 0.2) is 48.5 Å². The van der Waals surface area contributed by atoms with Crippen LogP contribution in [0.4, 0.5) is 5.69 Å². The molecule has 0 fully saturated rings. The summed E-state index contributed by atoms with van der Waals surface area (Å²) < 4.78 is 0. The molecular weight excluding hydrogens is 248 g/mol. The van der Waals surface area contributed by atoms with Gasteiger partial charge in [-0.05, 0) is 41.8 Å². The van der Waals surface area contributed by atoms with Crippen molar-refractivity contribution >= 4 is 11.6 Å². The highest BCUT2D eigenvalue weighted by Gasteiger charge is 2.10. The molecular formula is C17H16N2O. The van der Waals surface area contributed by atoms with E-state index in [0.717, 1.165) is 11.3 Å². The summed E-state index contributed by atoms with van der Waals surface area (Å²) >= 11 is 0. The number of hydrogen-bond acceptors (Lipinski definition) is 2. The van der Waals surface area contributed by atoms with E-state index in [0.29, 0.717) is 17.0 Å². The molecule has 0 atom stereocenters. The second kappa shape index (κ2) is 6.03. The number of hydrogen-bond donors (Lipinski definition) is 1. The van der Waals surface area contributed by atoms with Crippen molar-refractivity contribution in [3.8, 4) is 6.07 Å². The zero-order valence-electron chi connectivity index (χ0n) is 11.6. The molecule has 1 amide bonds. The van der Waals surface area contributed by atoms with E-state index in [2.05, 4.69) is 19.2 Å². The number of carbonyl (C=O) groups excluding carboxylic acids is 1. The Bertz CT molecular complexity index is 651. The molecule has 2 rings (SSSR count). The Morgan fingerprint density at radius 1 is 1.10 bits per heavy atom. The topological polar surface area (TPSA) is 52.9 Å². The van der Waals surface area contributed by atoms with E-state index in [-0.39, 0.29) is 5.91 Å². The Kier molecular flexibility index (Phi) is 4.17. The number of para-hydroxylation sites is 1. The Hall–Kier alpha value is -2.60. The fourth-order valence-corrected chi connectivity index (χ4v) is 2.00. The first kappa shape index (κ1) is 13.8. The van der Waals surface area contributed by atoms with Crippen LogP contribution in [0.5, 0.6) is 0 Å². The lowest BCUT2D eigenvalue weighted by Gasteiger charge is -2.13. The maximum atomic E-state index is 12.2. The summed E-state index contributed by atoms with van der Waals surface area (Å²) in [4.78, 5) is 12.2. The molecule has 20 heavy (non-hydrogen) atoms. The summed E-state index contributed by atoms with van der Waals surface area (Å²) in [6.45, 7) is 4.18. The average Bonchev–Trinajstić information content (AvgIpc) is 2.47. The predicted molar refractivity (Wildman–Crippen MR) is 79.6 cm³/mol. The highest BCUT2D eigenvalue weighted by Crippen LogP contribution is 2.24. The molecule has 0 aliphatic rings. The molecule has 0 saturated heterocycles. The molecule has 0 aliphatic heterocycles. The third-order valence-electron chi connectivity index (χ3n) is 3.11. The van der Waals surface area contributed by atoms with E-state index < -0.39 is 0 Å². The number of benzene rings is 2. The smallest absolute Gasteiger partial charge is 0.255 e. The third kappa shape index (κ3) is 3.04. The summed E-state index contributed by atoms with van der Waals surface area (Å²) in [5.41, 5.74) is 3.03. The van der Waals surface area contributed by atoms with E-state index >= 15 is 0 Å². The van der Waals surface area contributed by atoms with Crippen molar-refractivity contribution in [2.75, 3.05) is 5.32 Å². The molecule has 0 aliphatic carbocycles. The van der Waals surface area contributed by atoms with Gasteiger partial charge >= 0.3 is 0 Å². The number of carbonyl (C=O) groups is 1. The Balaban J connectivity index is 2.21. The van der Waals surface area contributed by atoms with Crippen LogP contribution in [0, 0.1) is 11.3 Å². The molecule has 0 aromatic heterocycles. The van der Waals surface area contributed by atoms with E-state index in [1.54, 1.807) is 24.3 Å². The van der Waals surface area contributed by atoms with Crippen LogP contribution in [0.1, 0.15) is 41.3 Å². The molecule has 1 N–H and O–H groups in total. The van der Waals surface area contributed by atoms with Gasteiger partial charge in [-0.25, -0.2) is 0 Å². The largest absolute Gasteiger partial charge is 0.322 e. The number of nitrogens with zero attached hydrogens (tertiary/aromatic N) is 1. The van der Waals surface area contributed by atoms with Gasteiger partial charge in [-0.1, -0.05) is 32.0 Å². The van der Waals surface area contributed by atoms with E-state index in [1.807, 2.05) is 30.3 Å². The normalized spacial score (nSPS) is 10.1. The molecule has 0 spiro atoms. The lowest BCUT2D eigenvalue weighted by molar-refractivity contribution is 0.102. The van der Waals surface area contributed by atoms with Gasteiger partial charge < -0.3 is 5.32 Å². The van der Waals surface area contributed by atoms with E-state index in [4.69, 9.17) is 5.26 Å². The highest BCUT2D eigenvalue weighted by atomic mass is 16.1. The van der Waals surface area contributed by atoms with Gasteiger partial charge in [0.1, 0.15) is 0 Å². The minimum atomic E-state index is -0.164. The molecule has 3 heteroatoms. The van der Waals surface area contributed by atoms with Crippen molar-refractivity contribution in [3.05, 3.63) is 65.2 Å². The average molecular weight is 264 g/mol. The van der Waals surface area contributed by atoms with Gasteiger partial charge in [-0.3, -0.25) is 4.79 Å². The van der Waals surface area contributed by atoms with Crippen molar-refractivity contribution in [1.29, 1.82) is 5.26 Å². The van der Waals surface area contributed by atoms with E-state index in [9.17, 15) is 4.79 Å². The predicted octanol–water partition coefficient (Wildman–Crippen LogP) is 3.93. The van der Waals surface area contributed by atoms with Crippen LogP contribution in [0.2, 0.25) is 0 Å². The fraction of sp³-hybridized carbons (Fsp3) is 0.176. The summed E-state index contributed by atoms with van der Waals surface area (Å²) in [6.07, 6.45) is 0. The van der Waals surface area contributed by atoms with Crippen molar-refractivity contribution < 1.29 is 4.79 Å². The Morgan fingerprint density at radius 3 is 2.35 bits per heavy atom. The van der Waals surface area contributed by atoms with Crippen molar-refractivity contribution in [2.45, 2.75) is 19.8 Å². The standard InChI is InChI=1S/C17H16N2O/c1-12(2)15-5-3-4-6-16(15)19-17(20)14-9-7-13(11-18)8-10-14/h3-10,12H,1-2H3,(H,19,20). The maximum Gasteiger partial charge on any atom is 0.255 e. The zero-order valence-corrected chi connectivity index (χ0v) is 11.6. The second-order valence-electron chi connectivity index (χ2n) is 4.89. The van der Waals surface area contributed by atoms with Crippen molar-refractivity contribution in [3.63, 3.8) is 0 Å². The molecule has 100 valence electrons. The first-order chi connectivity index (χ1) is 9.61. The van der Waals surface area contributed by atoms with Gasteiger partial charge in [-0.2, -0.15) is 5.26 Å². The van der Waals surface area contributed by atoms with Gasteiger partial charge in [0.05, 0.1) is 11.6 Å². The minimum absolute atomic E-state index is 0.164. The molecule has 0 radical (unpaired) electrons. The van der Waals surface area contributed by atoms with E-state index in [1.165, 1.54) is 0 Å². The number of anilines is 1. The number of rotatable bonds is 3. The highest BCUT2D eigenvalue weighted by molar-refractivity contribution is 6.04.